The molecule has 3 N–H and O–H groups in total. The van der Waals surface area contributed by atoms with Gasteiger partial charge in [-0.2, -0.15) is 0 Å². The number of aromatic amines is 1. The zero-order valence-electron chi connectivity index (χ0n) is 14.8. The molecule has 1 aromatic carbocycles. The predicted octanol–water partition coefficient (Wildman–Crippen LogP) is 3.45. The summed E-state index contributed by atoms with van der Waals surface area (Å²) in [6.45, 7) is 1.85. The molecule has 0 saturated heterocycles. The summed E-state index contributed by atoms with van der Waals surface area (Å²) in [6.07, 6.45) is 8.50. The Balaban J connectivity index is 1.27. The molecular weight excluding hydrogens is 315 g/mol. The monoisotopic (exact) mass is 342 g/mol. The molecule has 2 aliphatic rings. The molecule has 0 bridgehead atoms. The van der Waals surface area contributed by atoms with Crippen molar-refractivity contribution in [2.24, 2.45) is 22.7 Å². The van der Waals surface area contributed by atoms with Crippen LogP contribution in [0.4, 0.5) is 4.39 Å². The zero-order chi connectivity index (χ0) is 17.2. The highest BCUT2D eigenvalue weighted by atomic mass is 19.1. The van der Waals surface area contributed by atoms with E-state index in [-0.39, 0.29) is 5.82 Å². The van der Waals surface area contributed by atoms with Gasteiger partial charge >= 0.3 is 0 Å². The number of benzene rings is 1. The van der Waals surface area contributed by atoms with E-state index >= 15 is 0 Å². The lowest BCUT2D eigenvalue weighted by Crippen LogP contribution is -2.41. The minimum absolute atomic E-state index is 0.204. The number of halogens is 1. The Bertz CT molecular complexity index is 746. The molecule has 2 aromatic rings. The van der Waals surface area contributed by atoms with E-state index < -0.39 is 0 Å². The number of rotatable bonds is 7. The second-order valence-corrected chi connectivity index (χ2v) is 7.47. The Hall–Kier alpha value is -2.04. The molecule has 0 atom stereocenters. The maximum atomic E-state index is 13.3. The normalized spacial score (nSPS) is 18.1. The predicted molar refractivity (Wildman–Crippen MR) is 100 cm³/mol. The first-order chi connectivity index (χ1) is 12.2. The summed E-state index contributed by atoms with van der Waals surface area (Å²) < 4.78 is 13.3. The number of aromatic nitrogens is 1. The Kier molecular flexibility index (Phi) is 4.64. The first kappa shape index (κ1) is 16.4. The molecule has 0 amide bonds. The minimum atomic E-state index is -0.204. The van der Waals surface area contributed by atoms with Crippen LogP contribution in [0, 0.1) is 23.6 Å². The molecule has 0 unspecified atom stereocenters. The quantitative estimate of drug-likeness (QED) is 0.533. The minimum Gasteiger partial charge on any atom is -0.361 e. The SMILES string of the molecule is CN=C(NCCc1c[nH]c2cc(F)ccc12)NCC(C1CC1)C1CC1. The van der Waals surface area contributed by atoms with E-state index in [0.717, 1.165) is 54.1 Å². The molecule has 134 valence electrons. The summed E-state index contributed by atoms with van der Waals surface area (Å²) in [6, 6.07) is 4.91. The number of H-pyrrole nitrogens is 1. The summed E-state index contributed by atoms with van der Waals surface area (Å²) >= 11 is 0. The molecule has 4 rings (SSSR count). The van der Waals surface area contributed by atoms with E-state index in [1.165, 1.54) is 37.3 Å². The second kappa shape index (κ2) is 7.06. The summed E-state index contributed by atoms with van der Waals surface area (Å²) in [5, 5.41) is 8.02. The Labute approximate surface area is 148 Å². The van der Waals surface area contributed by atoms with E-state index in [1.54, 1.807) is 6.07 Å². The molecule has 1 heterocycles. The van der Waals surface area contributed by atoms with E-state index in [0.29, 0.717) is 0 Å². The maximum absolute atomic E-state index is 13.3. The highest BCUT2D eigenvalue weighted by Crippen LogP contribution is 2.48. The number of aliphatic imine (C=N–C) groups is 1. The van der Waals surface area contributed by atoms with E-state index in [9.17, 15) is 4.39 Å². The van der Waals surface area contributed by atoms with Crippen LogP contribution in [0.5, 0.6) is 0 Å². The van der Waals surface area contributed by atoms with E-state index in [4.69, 9.17) is 0 Å². The van der Waals surface area contributed by atoms with Crippen molar-refractivity contribution in [1.82, 2.24) is 15.6 Å². The molecule has 25 heavy (non-hydrogen) atoms. The van der Waals surface area contributed by atoms with E-state index in [1.807, 2.05) is 19.3 Å². The Morgan fingerprint density at radius 2 is 2.00 bits per heavy atom. The molecule has 4 nitrogen and oxygen atoms in total. The van der Waals surface area contributed by atoms with Gasteiger partial charge in [-0.1, -0.05) is 0 Å². The molecule has 5 heteroatoms. The average Bonchev–Trinajstić information content (AvgIpc) is 3.53. The van der Waals surface area contributed by atoms with Crippen LogP contribution in [0.15, 0.2) is 29.4 Å². The van der Waals surface area contributed by atoms with Crippen molar-refractivity contribution in [3.63, 3.8) is 0 Å². The van der Waals surface area contributed by atoms with Gasteiger partial charge in [0.15, 0.2) is 5.96 Å². The van der Waals surface area contributed by atoms with Crippen molar-refractivity contribution < 1.29 is 4.39 Å². The fourth-order valence-electron chi connectivity index (χ4n) is 3.88. The zero-order valence-corrected chi connectivity index (χ0v) is 14.8. The first-order valence-electron chi connectivity index (χ1n) is 9.44. The van der Waals surface area contributed by atoms with Gasteiger partial charge in [-0.05, 0) is 73.6 Å². The molecule has 1 aromatic heterocycles. The van der Waals surface area contributed by atoms with Gasteiger partial charge in [0.2, 0.25) is 0 Å². The fourth-order valence-corrected chi connectivity index (χ4v) is 3.88. The number of hydrogen-bond acceptors (Lipinski definition) is 1. The summed E-state index contributed by atoms with van der Waals surface area (Å²) in [5.74, 6) is 3.42. The van der Waals surface area contributed by atoms with Crippen molar-refractivity contribution in [1.29, 1.82) is 0 Å². The lowest BCUT2D eigenvalue weighted by Gasteiger charge is -2.18. The van der Waals surface area contributed by atoms with Crippen molar-refractivity contribution >= 4 is 16.9 Å². The van der Waals surface area contributed by atoms with Gasteiger partial charge in [-0.15, -0.1) is 0 Å². The average molecular weight is 342 g/mol. The highest BCUT2D eigenvalue weighted by Gasteiger charge is 2.41. The smallest absolute Gasteiger partial charge is 0.190 e. The molecule has 2 saturated carbocycles. The van der Waals surface area contributed by atoms with Crippen LogP contribution in [-0.2, 0) is 6.42 Å². The second-order valence-electron chi connectivity index (χ2n) is 7.47. The lowest BCUT2D eigenvalue weighted by molar-refractivity contribution is 0.400. The van der Waals surface area contributed by atoms with Gasteiger partial charge in [0.05, 0.1) is 0 Å². The lowest BCUT2D eigenvalue weighted by atomic mass is 9.98. The summed E-state index contributed by atoms with van der Waals surface area (Å²) in [4.78, 5) is 7.50. The molecule has 0 aliphatic heterocycles. The van der Waals surface area contributed by atoms with E-state index in [2.05, 4.69) is 20.6 Å². The largest absolute Gasteiger partial charge is 0.361 e. The molecule has 2 fully saturated rings. The van der Waals surface area contributed by atoms with Gasteiger partial charge in [-0.25, -0.2) is 4.39 Å². The fraction of sp³-hybridized carbons (Fsp3) is 0.550. The third-order valence-electron chi connectivity index (χ3n) is 5.60. The molecule has 2 aliphatic carbocycles. The van der Waals surface area contributed by atoms with Crippen molar-refractivity contribution in [3.8, 4) is 0 Å². The summed E-state index contributed by atoms with van der Waals surface area (Å²) in [5.41, 5.74) is 2.06. The van der Waals surface area contributed by atoms with Gasteiger partial charge in [0.1, 0.15) is 5.82 Å². The van der Waals surface area contributed by atoms with Gasteiger partial charge in [0.25, 0.3) is 0 Å². The van der Waals surface area contributed by atoms with Gasteiger partial charge in [-0.3, -0.25) is 4.99 Å². The number of hydrogen-bond donors (Lipinski definition) is 3. The number of nitrogens with zero attached hydrogens (tertiary/aromatic N) is 1. The van der Waals surface area contributed by atoms with Gasteiger partial charge in [0, 0.05) is 37.2 Å². The van der Waals surface area contributed by atoms with Crippen LogP contribution >= 0.6 is 0 Å². The Morgan fingerprint density at radius 1 is 1.24 bits per heavy atom. The third kappa shape index (κ3) is 3.97. The third-order valence-corrected chi connectivity index (χ3v) is 5.60. The van der Waals surface area contributed by atoms with Crippen molar-refractivity contribution in [3.05, 3.63) is 35.8 Å². The number of guanidine groups is 1. The van der Waals surface area contributed by atoms with Crippen molar-refractivity contribution in [2.75, 3.05) is 20.1 Å². The van der Waals surface area contributed by atoms with Crippen LogP contribution < -0.4 is 10.6 Å². The van der Waals surface area contributed by atoms with Gasteiger partial charge < -0.3 is 15.6 Å². The van der Waals surface area contributed by atoms with Crippen LogP contribution in [0.3, 0.4) is 0 Å². The summed E-state index contributed by atoms with van der Waals surface area (Å²) in [7, 11) is 1.83. The molecular formula is C20H27FN4. The van der Waals surface area contributed by atoms with Crippen LogP contribution in [0.25, 0.3) is 10.9 Å². The molecule has 0 spiro atoms. The van der Waals surface area contributed by atoms with Crippen LogP contribution in [0.2, 0.25) is 0 Å². The number of nitrogens with one attached hydrogen (secondary N) is 3. The van der Waals surface area contributed by atoms with Crippen molar-refractivity contribution in [2.45, 2.75) is 32.1 Å². The number of fused-ring (bicyclic) bond motifs is 1. The van der Waals surface area contributed by atoms with Crippen LogP contribution in [0.1, 0.15) is 31.2 Å². The standard InChI is InChI=1S/C20H27FN4/c1-22-20(25-12-18(13-2-3-13)14-4-5-14)23-9-8-15-11-24-19-10-16(21)6-7-17(15)19/h6-7,10-11,13-14,18,24H,2-5,8-9,12H2,1H3,(H2,22,23,25). The Morgan fingerprint density at radius 3 is 2.68 bits per heavy atom. The topological polar surface area (TPSA) is 52.2 Å². The molecule has 0 radical (unpaired) electrons. The highest BCUT2D eigenvalue weighted by molar-refractivity contribution is 5.83. The maximum Gasteiger partial charge on any atom is 0.190 e. The van der Waals surface area contributed by atoms with Crippen LogP contribution in [-0.4, -0.2) is 31.1 Å². The first-order valence-corrected chi connectivity index (χ1v) is 9.44.